The highest BCUT2D eigenvalue weighted by molar-refractivity contribution is 4.68. The largest absolute Gasteiger partial charge is 0.383 e. The van der Waals surface area contributed by atoms with Gasteiger partial charge in [0.1, 0.15) is 0 Å². The molecule has 0 aromatic carbocycles. The molecule has 0 saturated heterocycles. The highest BCUT2D eigenvalue weighted by Gasteiger charge is 2.12. The lowest BCUT2D eigenvalue weighted by atomic mass is 9.86. The van der Waals surface area contributed by atoms with E-state index < -0.39 is 0 Å². The lowest BCUT2D eigenvalue weighted by Gasteiger charge is -2.22. The summed E-state index contributed by atoms with van der Waals surface area (Å²) < 4.78 is 5.18. The first-order valence-corrected chi connectivity index (χ1v) is 7.09. The second-order valence-corrected chi connectivity index (χ2v) is 5.16. The minimum Gasteiger partial charge on any atom is -0.383 e. The summed E-state index contributed by atoms with van der Waals surface area (Å²) in [5.41, 5.74) is 0. The Kier molecular flexibility index (Phi) is 7.87. The van der Waals surface area contributed by atoms with Crippen molar-refractivity contribution in [3.63, 3.8) is 0 Å². The van der Waals surface area contributed by atoms with Crippen molar-refractivity contribution < 1.29 is 4.74 Å². The van der Waals surface area contributed by atoms with Gasteiger partial charge in [0.2, 0.25) is 0 Å². The standard InChI is InChI=1S/C14H29NO/c1-3-14(12-16-2)15-11-7-10-13-8-5-4-6-9-13/h13-15H,3-12H2,1-2H3. The van der Waals surface area contributed by atoms with E-state index in [2.05, 4.69) is 12.2 Å². The van der Waals surface area contributed by atoms with Crippen LogP contribution < -0.4 is 5.32 Å². The fraction of sp³-hybridized carbons (Fsp3) is 1.00. The third kappa shape index (κ3) is 5.86. The molecule has 2 heteroatoms. The van der Waals surface area contributed by atoms with Crippen molar-refractivity contribution in [2.24, 2.45) is 5.92 Å². The van der Waals surface area contributed by atoms with Crippen LogP contribution in [0.2, 0.25) is 0 Å². The van der Waals surface area contributed by atoms with E-state index in [0.717, 1.165) is 18.9 Å². The third-order valence-corrected chi connectivity index (χ3v) is 3.81. The second-order valence-electron chi connectivity index (χ2n) is 5.16. The van der Waals surface area contributed by atoms with Gasteiger partial charge in [-0.25, -0.2) is 0 Å². The Morgan fingerprint density at radius 3 is 2.62 bits per heavy atom. The molecule has 2 nitrogen and oxygen atoms in total. The molecule has 1 atom stereocenters. The molecule has 16 heavy (non-hydrogen) atoms. The quantitative estimate of drug-likeness (QED) is 0.642. The average Bonchev–Trinajstić information content (AvgIpc) is 2.34. The summed E-state index contributed by atoms with van der Waals surface area (Å²) >= 11 is 0. The van der Waals surface area contributed by atoms with Crippen molar-refractivity contribution in [1.29, 1.82) is 0 Å². The normalized spacial score (nSPS) is 19.9. The van der Waals surface area contributed by atoms with Crippen LogP contribution in [0, 0.1) is 5.92 Å². The van der Waals surface area contributed by atoms with Crippen LogP contribution in [-0.2, 0) is 4.74 Å². The fourth-order valence-electron chi connectivity index (χ4n) is 2.70. The van der Waals surface area contributed by atoms with Gasteiger partial charge in [0.15, 0.2) is 0 Å². The SMILES string of the molecule is CCC(COC)NCCCC1CCCCC1. The average molecular weight is 227 g/mol. The molecule has 1 aliphatic rings. The molecular formula is C14H29NO. The van der Waals surface area contributed by atoms with Crippen molar-refractivity contribution in [2.75, 3.05) is 20.3 Å². The molecule has 0 bridgehead atoms. The van der Waals surface area contributed by atoms with Crippen LogP contribution in [0.5, 0.6) is 0 Å². The zero-order valence-corrected chi connectivity index (χ0v) is 11.1. The number of hydrogen-bond donors (Lipinski definition) is 1. The third-order valence-electron chi connectivity index (χ3n) is 3.81. The molecule has 0 spiro atoms. The number of methoxy groups -OCH3 is 1. The van der Waals surface area contributed by atoms with Crippen molar-refractivity contribution in [1.82, 2.24) is 5.32 Å². The molecule has 0 amide bonds. The first-order chi connectivity index (χ1) is 7.86. The number of hydrogen-bond acceptors (Lipinski definition) is 2. The van der Waals surface area contributed by atoms with E-state index >= 15 is 0 Å². The molecule has 1 saturated carbocycles. The van der Waals surface area contributed by atoms with E-state index in [1.54, 1.807) is 7.11 Å². The Bertz CT molecular complexity index is 148. The zero-order valence-electron chi connectivity index (χ0n) is 11.1. The Hall–Kier alpha value is -0.0800. The lowest BCUT2D eigenvalue weighted by molar-refractivity contribution is 0.164. The van der Waals surface area contributed by atoms with Gasteiger partial charge in [-0.2, -0.15) is 0 Å². The minimum absolute atomic E-state index is 0.552. The smallest absolute Gasteiger partial charge is 0.0615 e. The molecule has 0 aromatic rings. The van der Waals surface area contributed by atoms with E-state index in [0.29, 0.717) is 6.04 Å². The summed E-state index contributed by atoms with van der Waals surface area (Å²) in [4.78, 5) is 0. The summed E-state index contributed by atoms with van der Waals surface area (Å²) in [7, 11) is 1.78. The highest BCUT2D eigenvalue weighted by Crippen LogP contribution is 2.26. The molecule has 1 fully saturated rings. The first-order valence-electron chi connectivity index (χ1n) is 7.09. The van der Waals surface area contributed by atoms with Crippen LogP contribution in [0.15, 0.2) is 0 Å². The molecule has 1 unspecified atom stereocenters. The minimum atomic E-state index is 0.552. The molecule has 0 aliphatic heterocycles. The molecular weight excluding hydrogens is 198 g/mol. The fourth-order valence-corrected chi connectivity index (χ4v) is 2.70. The predicted octanol–water partition coefficient (Wildman–Crippen LogP) is 3.36. The van der Waals surface area contributed by atoms with E-state index in [-0.39, 0.29) is 0 Å². The molecule has 0 radical (unpaired) electrons. The number of rotatable bonds is 8. The Morgan fingerprint density at radius 1 is 1.25 bits per heavy atom. The van der Waals surface area contributed by atoms with Crippen molar-refractivity contribution in [3.8, 4) is 0 Å². The molecule has 96 valence electrons. The summed E-state index contributed by atoms with van der Waals surface area (Å²) in [5.74, 6) is 1.03. The van der Waals surface area contributed by atoms with Gasteiger partial charge in [-0.15, -0.1) is 0 Å². The van der Waals surface area contributed by atoms with E-state index in [9.17, 15) is 0 Å². The summed E-state index contributed by atoms with van der Waals surface area (Å²) in [5, 5.41) is 3.58. The van der Waals surface area contributed by atoms with Gasteiger partial charge in [-0.1, -0.05) is 39.0 Å². The lowest BCUT2D eigenvalue weighted by Crippen LogP contribution is -2.33. The van der Waals surface area contributed by atoms with Crippen LogP contribution in [-0.4, -0.2) is 26.3 Å². The zero-order chi connectivity index (χ0) is 11.6. The first kappa shape index (κ1) is 14.0. The van der Waals surface area contributed by atoms with Crippen LogP contribution in [0.25, 0.3) is 0 Å². The Labute approximate surface area is 101 Å². The Balaban J connectivity index is 1.97. The van der Waals surface area contributed by atoms with Gasteiger partial charge in [-0.05, 0) is 31.7 Å². The van der Waals surface area contributed by atoms with Gasteiger partial charge in [-0.3, -0.25) is 0 Å². The number of nitrogens with one attached hydrogen (secondary N) is 1. The molecule has 1 N–H and O–H groups in total. The molecule has 1 rings (SSSR count). The van der Waals surface area contributed by atoms with Crippen LogP contribution >= 0.6 is 0 Å². The monoisotopic (exact) mass is 227 g/mol. The van der Waals surface area contributed by atoms with Crippen molar-refractivity contribution in [2.45, 2.75) is 64.3 Å². The molecule has 0 heterocycles. The summed E-state index contributed by atoms with van der Waals surface area (Å²) in [6.07, 6.45) is 11.3. The second kappa shape index (κ2) is 9.00. The van der Waals surface area contributed by atoms with E-state index in [1.165, 1.54) is 51.5 Å². The Morgan fingerprint density at radius 2 is 2.00 bits per heavy atom. The van der Waals surface area contributed by atoms with Gasteiger partial charge < -0.3 is 10.1 Å². The number of ether oxygens (including phenoxy) is 1. The maximum Gasteiger partial charge on any atom is 0.0615 e. The topological polar surface area (TPSA) is 21.3 Å². The van der Waals surface area contributed by atoms with Crippen molar-refractivity contribution >= 4 is 0 Å². The summed E-state index contributed by atoms with van der Waals surface area (Å²) in [6, 6.07) is 0.552. The van der Waals surface area contributed by atoms with Gasteiger partial charge in [0.05, 0.1) is 6.61 Å². The van der Waals surface area contributed by atoms with E-state index in [1.807, 2.05) is 0 Å². The van der Waals surface area contributed by atoms with Gasteiger partial charge in [0, 0.05) is 13.2 Å². The summed E-state index contributed by atoms with van der Waals surface area (Å²) in [6.45, 7) is 4.23. The predicted molar refractivity (Wildman–Crippen MR) is 69.8 cm³/mol. The highest BCUT2D eigenvalue weighted by atomic mass is 16.5. The van der Waals surface area contributed by atoms with Gasteiger partial charge >= 0.3 is 0 Å². The van der Waals surface area contributed by atoms with Crippen molar-refractivity contribution in [3.05, 3.63) is 0 Å². The van der Waals surface area contributed by atoms with Crippen LogP contribution in [0.3, 0.4) is 0 Å². The maximum atomic E-state index is 5.18. The van der Waals surface area contributed by atoms with Crippen LogP contribution in [0.1, 0.15) is 58.3 Å². The maximum absolute atomic E-state index is 5.18. The van der Waals surface area contributed by atoms with E-state index in [4.69, 9.17) is 4.74 Å². The molecule has 1 aliphatic carbocycles. The van der Waals surface area contributed by atoms with Gasteiger partial charge in [0.25, 0.3) is 0 Å². The van der Waals surface area contributed by atoms with Crippen LogP contribution in [0.4, 0.5) is 0 Å². The molecule has 0 aromatic heterocycles.